The molecule has 5 atom stereocenters. The second-order valence-corrected chi connectivity index (χ2v) is 15.7. The molecule has 4 saturated heterocycles. The van der Waals surface area contributed by atoms with Crippen LogP contribution in [0.15, 0.2) is 36.8 Å². The molecule has 1 aromatic carbocycles. The minimum atomic E-state index is -4.98. The maximum Gasteiger partial charge on any atom is 0.363 e. The van der Waals surface area contributed by atoms with Crippen LogP contribution < -0.4 is 10.2 Å². The van der Waals surface area contributed by atoms with Gasteiger partial charge < -0.3 is 29.8 Å². The molecule has 0 aliphatic carbocycles. The molecule has 0 radical (unpaired) electrons. The van der Waals surface area contributed by atoms with Crippen LogP contribution in [-0.4, -0.2) is 91.6 Å². The van der Waals surface area contributed by atoms with Crippen LogP contribution in [0.25, 0.3) is 10.1 Å². The molecule has 4 fully saturated rings. The maximum absolute atomic E-state index is 14.3. The molecule has 3 N–H and O–H groups in total. The molecule has 7 rings (SSSR count). The van der Waals surface area contributed by atoms with Crippen molar-refractivity contribution in [3.63, 3.8) is 0 Å². The molecule has 3 aromatic rings. The lowest BCUT2D eigenvalue weighted by Crippen LogP contribution is -2.58. The largest absolute Gasteiger partial charge is 0.363 e. The van der Waals surface area contributed by atoms with Gasteiger partial charge in [0.25, 0.3) is 5.91 Å². The number of hydrogen-bond acceptors (Lipinski definition) is 8. The number of fused-ring (bicyclic) bond motifs is 2. The highest BCUT2D eigenvalue weighted by atomic mass is 32.1. The summed E-state index contributed by atoms with van der Waals surface area (Å²) in [4.78, 5) is 74.5. The summed E-state index contributed by atoms with van der Waals surface area (Å²) in [7, 11) is -4.98. The van der Waals surface area contributed by atoms with Crippen LogP contribution in [0.5, 0.6) is 0 Å². The van der Waals surface area contributed by atoms with Crippen LogP contribution in [-0.2, 0) is 14.2 Å². The molecule has 4 aliphatic rings. The predicted octanol–water partition coefficient (Wildman–Crippen LogP) is 3.56. The topological polar surface area (TPSA) is 156 Å². The van der Waals surface area contributed by atoms with Crippen molar-refractivity contribution in [2.45, 2.75) is 69.0 Å². The van der Waals surface area contributed by atoms with Crippen molar-refractivity contribution in [2.75, 3.05) is 31.1 Å². The number of carbonyl (C=O) groups is 3. The van der Waals surface area contributed by atoms with Gasteiger partial charge in [-0.15, -0.1) is 11.3 Å². The van der Waals surface area contributed by atoms with Crippen LogP contribution in [0.3, 0.4) is 0 Å². The van der Waals surface area contributed by atoms with Crippen LogP contribution in [0.1, 0.15) is 71.7 Å². The van der Waals surface area contributed by atoms with E-state index >= 15 is 0 Å². The molecule has 3 amide bonds. The fourth-order valence-electron chi connectivity index (χ4n) is 7.28. The van der Waals surface area contributed by atoms with Gasteiger partial charge >= 0.3 is 7.60 Å². The lowest BCUT2D eigenvalue weighted by Gasteiger charge is -2.44. The third-order valence-electron chi connectivity index (χ3n) is 9.80. The van der Waals surface area contributed by atoms with E-state index < -0.39 is 31.5 Å². The third-order valence-corrected chi connectivity index (χ3v) is 11.8. The SMILES string of the molecule is C[C@H]1C[C@H]2CC[C@@H](C(=O)N3CC(c4cncnc4N4CCC4)C3)N2C(=O)[C@@H](NC(=O)c2cc3cc([C@@H](F)P(=O)(O)O)ccc3s2)C1. The molecule has 15 heteroatoms. The highest BCUT2D eigenvalue weighted by Crippen LogP contribution is 2.53. The van der Waals surface area contributed by atoms with Crippen LogP contribution in [0, 0.1) is 5.92 Å². The van der Waals surface area contributed by atoms with Crippen LogP contribution in [0.2, 0.25) is 0 Å². The quantitative estimate of drug-likeness (QED) is 0.320. The van der Waals surface area contributed by atoms with Gasteiger partial charge in [0.2, 0.25) is 17.7 Å². The number of amides is 3. The Labute approximate surface area is 269 Å². The number of likely N-dealkylation sites (tertiary alicyclic amines) is 1. The monoisotopic (exact) mass is 670 g/mol. The Morgan fingerprint density at radius 1 is 1.15 bits per heavy atom. The molecule has 12 nitrogen and oxygen atoms in total. The molecular formula is C31H36FN6O6PS. The first-order valence-electron chi connectivity index (χ1n) is 15.7. The van der Waals surface area contributed by atoms with Crippen molar-refractivity contribution in [1.29, 1.82) is 0 Å². The Bertz CT molecular complexity index is 1740. The zero-order chi connectivity index (χ0) is 32.3. The van der Waals surface area contributed by atoms with Crippen molar-refractivity contribution in [2.24, 2.45) is 5.92 Å². The van der Waals surface area contributed by atoms with Gasteiger partial charge in [-0.1, -0.05) is 13.0 Å². The van der Waals surface area contributed by atoms with E-state index in [0.29, 0.717) is 40.9 Å². The van der Waals surface area contributed by atoms with Gasteiger partial charge in [0.15, 0.2) is 0 Å². The standard InChI is InChI=1S/C31H36FN6O6PS/c1-17-9-21-4-5-24(31(41)37-14-20(15-37)22-13-33-16-34-28(22)36-7-2-8-36)38(21)30(40)23(10-17)35-29(39)26-12-19-11-18(3-6-25(19)46-26)27(32)45(42,43)44/h3,6,11-13,16-17,20-21,23-24,27H,2,4-5,7-10,14-15H2,1H3,(H,35,39)(H2,42,43,44)/t17-,21+,23-,24-,27-/m0/s1. The van der Waals surface area contributed by atoms with Gasteiger partial charge in [0.1, 0.15) is 24.2 Å². The number of nitrogens with zero attached hydrogens (tertiary/aromatic N) is 5. The minimum Gasteiger partial charge on any atom is -0.356 e. The smallest absolute Gasteiger partial charge is 0.356 e. The second-order valence-electron chi connectivity index (χ2n) is 13.0. The number of hydrogen-bond donors (Lipinski definition) is 3. The molecule has 6 heterocycles. The molecule has 0 spiro atoms. The molecule has 244 valence electrons. The summed E-state index contributed by atoms with van der Waals surface area (Å²) in [6, 6.07) is 4.23. The van der Waals surface area contributed by atoms with E-state index in [0.717, 1.165) is 55.1 Å². The fourth-order valence-corrected chi connectivity index (χ4v) is 8.78. The van der Waals surface area contributed by atoms with E-state index in [1.54, 1.807) is 11.2 Å². The van der Waals surface area contributed by atoms with Gasteiger partial charge in [-0.2, -0.15) is 0 Å². The molecule has 0 unspecified atom stereocenters. The Kier molecular flexibility index (Phi) is 8.11. The number of thiophene rings is 1. The van der Waals surface area contributed by atoms with Crippen molar-refractivity contribution in [3.8, 4) is 0 Å². The number of aromatic nitrogens is 2. The summed E-state index contributed by atoms with van der Waals surface area (Å²) in [5.74, 6) is -2.00. The predicted molar refractivity (Wildman–Crippen MR) is 169 cm³/mol. The zero-order valence-electron chi connectivity index (χ0n) is 25.3. The Morgan fingerprint density at radius 2 is 1.93 bits per heavy atom. The second kappa shape index (κ2) is 12.0. The summed E-state index contributed by atoms with van der Waals surface area (Å²) in [6.45, 7) is 5.10. The number of benzene rings is 1. The molecule has 0 bridgehead atoms. The Balaban J connectivity index is 1.04. The molecule has 2 aromatic heterocycles. The van der Waals surface area contributed by atoms with Gasteiger partial charge in [0, 0.05) is 54.6 Å². The number of halogens is 1. The van der Waals surface area contributed by atoms with E-state index in [1.165, 1.54) is 24.3 Å². The third kappa shape index (κ3) is 5.69. The van der Waals surface area contributed by atoms with E-state index in [9.17, 15) is 33.1 Å². The first-order valence-corrected chi connectivity index (χ1v) is 18.2. The van der Waals surface area contributed by atoms with Gasteiger partial charge in [-0.3, -0.25) is 18.9 Å². The molecule has 46 heavy (non-hydrogen) atoms. The number of anilines is 1. The number of nitrogens with one attached hydrogen (secondary N) is 1. The van der Waals surface area contributed by atoms with Crippen molar-refractivity contribution in [1.82, 2.24) is 25.1 Å². The average Bonchev–Trinajstić information content (AvgIpc) is 3.56. The van der Waals surface area contributed by atoms with Gasteiger partial charge in [-0.05, 0) is 67.2 Å². The van der Waals surface area contributed by atoms with Crippen molar-refractivity contribution < 1.29 is 33.1 Å². The first-order chi connectivity index (χ1) is 22.0. The summed E-state index contributed by atoms with van der Waals surface area (Å²) in [5, 5.41) is 3.38. The van der Waals surface area contributed by atoms with E-state index in [4.69, 9.17) is 0 Å². The lowest BCUT2D eigenvalue weighted by molar-refractivity contribution is -0.148. The molecule has 0 saturated carbocycles. The van der Waals surface area contributed by atoms with Gasteiger partial charge in [0.05, 0.1) is 4.88 Å². The first kappa shape index (κ1) is 31.2. The van der Waals surface area contributed by atoms with Crippen molar-refractivity contribution >= 4 is 52.6 Å². The zero-order valence-corrected chi connectivity index (χ0v) is 27.0. The number of alkyl halides is 1. The average molecular weight is 671 g/mol. The normalized spacial score (nSPS) is 25.9. The summed E-state index contributed by atoms with van der Waals surface area (Å²) < 4.78 is 26.3. The van der Waals surface area contributed by atoms with Crippen LogP contribution >= 0.6 is 18.9 Å². The van der Waals surface area contributed by atoms with Gasteiger partial charge in [-0.25, -0.2) is 14.4 Å². The molecule has 4 aliphatic heterocycles. The van der Waals surface area contributed by atoms with Crippen LogP contribution in [0.4, 0.5) is 10.2 Å². The number of carbonyl (C=O) groups excluding carboxylic acids is 3. The lowest BCUT2D eigenvalue weighted by atomic mass is 9.91. The fraction of sp³-hybridized carbons (Fsp3) is 0.516. The van der Waals surface area contributed by atoms with Crippen molar-refractivity contribution in [3.05, 3.63) is 52.8 Å². The van der Waals surface area contributed by atoms with E-state index in [-0.39, 0.29) is 35.3 Å². The highest BCUT2D eigenvalue weighted by molar-refractivity contribution is 7.51. The molecular weight excluding hydrogens is 634 g/mol. The minimum absolute atomic E-state index is 0.0594. The summed E-state index contributed by atoms with van der Waals surface area (Å²) in [6.07, 6.45) is 7.06. The Morgan fingerprint density at radius 3 is 2.65 bits per heavy atom. The van der Waals surface area contributed by atoms with E-state index in [2.05, 4.69) is 27.1 Å². The number of rotatable bonds is 7. The summed E-state index contributed by atoms with van der Waals surface area (Å²) >= 11 is 1.15. The summed E-state index contributed by atoms with van der Waals surface area (Å²) in [5.41, 5.74) is 0.887. The Hall–Kier alpha value is -3.45. The van der Waals surface area contributed by atoms with E-state index in [1.807, 2.05) is 11.1 Å². The highest BCUT2D eigenvalue weighted by Gasteiger charge is 2.49. The maximum atomic E-state index is 14.3.